The number of hydrogen-bond acceptors (Lipinski definition) is 6. The highest BCUT2D eigenvalue weighted by Crippen LogP contribution is 2.23. The lowest BCUT2D eigenvalue weighted by atomic mass is 10.1. The second kappa shape index (κ2) is 12.5. The summed E-state index contributed by atoms with van der Waals surface area (Å²) in [4.78, 5) is 32.0. The van der Waals surface area contributed by atoms with E-state index in [0.29, 0.717) is 31.6 Å². The normalized spacial score (nSPS) is 14.5. The van der Waals surface area contributed by atoms with Gasteiger partial charge in [0, 0.05) is 43.3 Å². The van der Waals surface area contributed by atoms with Crippen LogP contribution >= 0.6 is 0 Å². The maximum absolute atomic E-state index is 13.3. The van der Waals surface area contributed by atoms with Crippen LogP contribution in [0.5, 0.6) is 5.75 Å². The molecule has 0 spiro atoms. The third-order valence-corrected chi connectivity index (χ3v) is 6.97. The molecule has 8 nitrogen and oxygen atoms in total. The zero-order chi connectivity index (χ0) is 27.1. The van der Waals surface area contributed by atoms with Crippen LogP contribution in [0, 0.1) is 5.82 Å². The molecule has 2 aromatic carbocycles. The van der Waals surface area contributed by atoms with Crippen molar-refractivity contribution in [2.75, 3.05) is 44.7 Å². The van der Waals surface area contributed by atoms with Gasteiger partial charge in [-0.1, -0.05) is 19.1 Å². The van der Waals surface area contributed by atoms with E-state index in [9.17, 15) is 14.0 Å². The predicted octanol–water partition coefficient (Wildman–Crippen LogP) is 4.27. The molecule has 1 aliphatic heterocycles. The fourth-order valence-corrected chi connectivity index (χ4v) is 4.48. The van der Waals surface area contributed by atoms with Crippen LogP contribution in [0.2, 0.25) is 0 Å². The van der Waals surface area contributed by atoms with E-state index in [4.69, 9.17) is 4.74 Å². The van der Waals surface area contributed by atoms with Gasteiger partial charge in [-0.3, -0.25) is 9.59 Å². The minimum absolute atomic E-state index is 0.0136. The Hall–Kier alpha value is -4.01. The first-order valence-corrected chi connectivity index (χ1v) is 13.0. The first-order chi connectivity index (χ1) is 18.4. The van der Waals surface area contributed by atoms with Gasteiger partial charge in [0.1, 0.15) is 18.1 Å². The van der Waals surface area contributed by atoms with Gasteiger partial charge >= 0.3 is 0 Å². The van der Waals surface area contributed by atoms with Crippen LogP contribution in [0.3, 0.4) is 0 Å². The molecule has 0 radical (unpaired) electrons. The Labute approximate surface area is 223 Å². The molecule has 3 aromatic rings. The monoisotopic (exact) mass is 519 g/mol. The summed E-state index contributed by atoms with van der Waals surface area (Å²) in [5.41, 5.74) is 2.06. The molecule has 0 saturated carbocycles. The number of rotatable bonds is 8. The predicted molar refractivity (Wildman–Crippen MR) is 145 cm³/mol. The summed E-state index contributed by atoms with van der Waals surface area (Å²) in [6.07, 6.45) is 1.48. The zero-order valence-corrected chi connectivity index (χ0v) is 22.1. The van der Waals surface area contributed by atoms with Crippen molar-refractivity contribution in [2.24, 2.45) is 0 Å². The average Bonchev–Trinajstić information content (AvgIpc) is 3.22. The molecule has 1 atom stereocenters. The number of halogens is 1. The Morgan fingerprint density at radius 3 is 2.50 bits per heavy atom. The molecular weight excluding hydrogens is 485 g/mol. The quantitative estimate of drug-likeness (QED) is 0.442. The molecule has 9 heteroatoms. The first kappa shape index (κ1) is 27.0. The van der Waals surface area contributed by atoms with Crippen molar-refractivity contribution >= 4 is 17.6 Å². The Kier molecular flexibility index (Phi) is 8.89. The van der Waals surface area contributed by atoms with E-state index in [2.05, 4.69) is 15.1 Å². The van der Waals surface area contributed by atoms with Crippen molar-refractivity contribution in [3.05, 3.63) is 72.0 Å². The summed E-state index contributed by atoms with van der Waals surface area (Å²) < 4.78 is 18.6. The number of amides is 2. The third kappa shape index (κ3) is 6.45. The van der Waals surface area contributed by atoms with Crippen LogP contribution in [0.4, 0.5) is 10.2 Å². The summed E-state index contributed by atoms with van der Waals surface area (Å²) in [7, 11) is 1.63. The van der Waals surface area contributed by atoms with Crippen molar-refractivity contribution in [3.8, 4) is 17.0 Å². The number of benzene rings is 2. The summed E-state index contributed by atoms with van der Waals surface area (Å²) in [5.74, 6) is 0.759. The second-order valence-corrected chi connectivity index (χ2v) is 9.43. The minimum Gasteiger partial charge on any atom is -0.497 e. The summed E-state index contributed by atoms with van der Waals surface area (Å²) >= 11 is 0. The molecule has 1 saturated heterocycles. The number of hydrogen-bond donors (Lipinski definition) is 0. The summed E-state index contributed by atoms with van der Waals surface area (Å²) in [6, 6.07) is 16.9. The molecule has 4 rings (SSSR count). The molecule has 0 bridgehead atoms. The van der Waals surface area contributed by atoms with E-state index in [-0.39, 0.29) is 24.4 Å². The van der Waals surface area contributed by atoms with E-state index in [0.717, 1.165) is 35.8 Å². The number of carbonyl (C=O) groups is 2. The summed E-state index contributed by atoms with van der Waals surface area (Å²) in [5, 5.41) is 8.85. The maximum Gasteiger partial charge on any atom is 0.254 e. The molecule has 1 fully saturated rings. The average molecular weight is 520 g/mol. The van der Waals surface area contributed by atoms with E-state index in [1.54, 1.807) is 12.0 Å². The van der Waals surface area contributed by atoms with Gasteiger partial charge in [0.15, 0.2) is 5.82 Å². The number of aromatic nitrogens is 2. The number of methoxy groups -OCH3 is 1. The lowest BCUT2D eigenvalue weighted by Crippen LogP contribution is -2.47. The molecule has 0 N–H and O–H groups in total. The standard InChI is InChI=1S/C29H34FN5O3/c1-4-21(2)35(29(37)22-9-11-24(30)12-10-22)20-28(36)34-16-6-15-33(17-18-34)27-14-13-26(31-32-27)23-7-5-8-25(19-23)38-3/h5,7-14,19,21H,4,6,15-18,20H2,1-3H3/t21-/m0/s1. The molecule has 1 aliphatic rings. The van der Waals surface area contributed by atoms with Crippen LogP contribution in [0.1, 0.15) is 37.0 Å². The Morgan fingerprint density at radius 2 is 1.82 bits per heavy atom. The zero-order valence-electron chi connectivity index (χ0n) is 22.1. The van der Waals surface area contributed by atoms with Crippen molar-refractivity contribution in [1.29, 1.82) is 0 Å². The van der Waals surface area contributed by atoms with Gasteiger partial charge in [0.2, 0.25) is 5.91 Å². The largest absolute Gasteiger partial charge is 0.497 e. The van der Waals surface area contributed by atoms with Crippen molar-refractivity contribution in [2.45, 2.75) is 32.7 Å². The van der Waals surface area contributed by atoms with Gasteiger partial charge in [-0.25, -0.2) is 4.39 Å². The molecule has 2 amide bonds. The van der Waals surface area contributed by atoms with Crippen molar-refractivity contribution in [3.63, 3.8) is 0 Å². The van der Waals surface area contributed by atoms with E-state index >= 15 is 0 Å². The fourth-order valence-electron chi connectivity index (χ4n) is 4.48. The molecular formula is C29H34FN5O3. The van der Waals surface area contributed by atoms with Gasteiger partial charge in [-0.05, 0) is 68.3 Å². The molecule has 0 aliphatic carbocycles. The highest BCUT2D eigenvalue weighted by molar-refractivity contribution is 5.96. The van der Waals surface area contributed by atoms with Gasteiger partial charge in [0.25, 0.3) is 5.91 Å². The fraction of sp³-hybridized carbons (Fsp3) is 0.379. The number of nitrogens with zero attached hydrogens (tertiary/aromatic N) is 5. The van der Waals surface area contributed by atoms with Crippen molar-refractivity contribution in [1.82, 2.24) is 20.0 Å². The van der Waals surface area contributed by atoms with Crippen LogP contribution in [-0.2, 0) is 4.79 Å². The number of anilines is 1. The first-order valence-electron chi connectivity index (χ1n) is 13.0. The van der Waals surface area contributed by atoms with Gasteiger partial charge in [-0.2, -0.15) is 0 Å². The lowest BCUT2D eigenvalue weighted by molar-refractivity contribution is -0.132. The number of carbonyl (C=O) groups excluding carboxylic acids is 2. The highest BCUT2D eigenvalue weighted by Gasteiger charge is 2.27. The Morgan fingerprint density at radius 1 is 1.03 bits per heavy atom. The van der Waals surface area contributed by atoms with Crippen LogP contribution in [0.25, 0.3) is 11.3 Å². The van der Waals surface area contributed by atoms with Crippen LogP contribution in [0.15, 0.2) is 60.7 Å². The van der Waals surface area contributed by atoms with Gasteiger partial charge in [-0.15, -0.1) is 10.2 Å². The van der Waals surface area contributed by atoms with Gasteiger partial charge < -0.3 is 19.4 Å². The van der Waals surface area contributed by atoms with E-state index in [1.807, 2.05) is 55.1 Å². The van der Waals surface area contributed by atoms with E-state index < -0.39 is 5.82 Å². The number of ether oxygens (including phenoxy) is 1. The molecule has 1 aromatic heterocycles. The molecule has 200 valence electrons. The van der Waals surface area contributed by atoms with Crippen LogP contribution < -0.4 is 9.64 Å². The minimum atomic E-state index is -0.401. The second-order valence-electron chi connectivity index (χ2n) is 9.43. The lowest BCUT2D eigenvalue weighted by Gasteiger charge is -2.31. The Bertz CT molecular complexity index is 1240. The Balaban J connectivity index is 1.39. The molecule has 38 heavy (non-hydrogen) atoms. The van der Waals surface area contributed by atoms with Crippen LogP contribution in [-0.4, -0.2) is 77.7 Å². The van der Waals surface area contributed by atoms with Gasteiger partial charge in [0.05, 0.1) is 12.8 Å². The smallest absolute Gasteiger partial charge is 0.254 e. The maximum atomic E-state index is 13.3. The van der Waals surface area contributed by atoms with E-state index in [1.165, 1.54) is 24.3 Å². The SMILES string of the molecule is CC[C@H](C)N(CC(=O)N1CCCN(c2ccc(-c3cccc(OC)c3)nn2)CC1)C(=O)c1ccc(F)cc1. The third-order valence-electron chi connectivity index (χ3n) is 6.97. The topological polar surface area (TPSA) is 78.9 Å². The molecule has 0 unspecified atom stereocenters. The molecule has 2 heterocycles. The summed E-state index contributed by atoms with van der Waals surface area (Å²) in [6.45, 7) is 6.38. The highest BCUT2D eigenvalue weighted by atomic mass is 19.1. The van der Waals surface area contributed by atoms with Crippen molar-refractivity contribution < 1.29 is 18.7 Å².